The minimum atomic E-state index is 0.225. The zero-order valence-electron chi connectivity index (χ0n) is 8.21. The summed E-state index contributed by atoms with van der Waals surface area (Å²) < 4.78 is 0.225. The van der Waals surface area contributed by atoms with Gasteiger partial charge in [0, 0.05) is 0 Å². The summed E-state index contributed by atoms with van der Waals surface area (Å²) in [6.45, 7) is 4.48. The van der Waals surface area contributed by atoms with Crippen LogP contribution >= 0.6 is 31.9 Å². The van der Waals surface area contributed by atoms with Crippen molar-refractivity contribution in [1.29, 1.82) is 0 Å². The molecule has 0 aromatic rings. The number of halogens is 2. The van der Waals surface area contributed by atoms with E-state index >= 15 is 0 Å². The summed E-state index contributed by atoms with van der Waals surface area (Å²) in [5.74, 6) is 0. The molecule has 0 spiro atoms. The predicted molar refractivity (Wildman–Crippen MR) is 64.3 cm³/mol. The Morgan fingerprint density at radius 2 is 1.50 bits per heavy atom. The van der Waals surface area contributed by atoms with Crippen LogP contribution in [0.5, 0.6) is 0 Å². The van der Waals surface area contributed by atoms with Crippen molar-refractivity contribution < 1.29 is 0 Å². The van der Waals surface area contributed by atoms with E-state index in [0.717, 1.165) is 0 Å². The third-order valence-electron chi connectivity index (χ3n) is 2.01. The van der Waals surface area contributed by atoms with Gasteiger partial charge in [-0.2, -0.15) is 0 Å². The molecule has 0 aromatic heterocycles. The lowest BCUT2D eigenvalue weighted by molar-refractivity contribution is 0.583. The lowest BCUT2D eigenvalue weighted by Gasteiger charge is -2.19. The van der Waals surface area contributed by atoms with Crippen LogP contribution in [0.3, 0.4) is 0 Å². The highest BCUT2D eigenvalue weighted by Gasteiger charge is 2.19. The highest BCUT2D eigenvalue weighted by molar-refractivity contribution is 9.25. The van der Waals surface area contributed by atoms with Crippen molar-refractivity contribution in [2.75, 3.05) is 0 Å². The number of hydrogen-bond acceptors (Lipinski definition) is 0. The van der Waals surface area contributed by atoms with Crippen molar-refractivity contribution in [2.24, 2.45) is 0 Å². The summed E-state index contributed by atoms with van der Waals surface area (Å²) in [5, 5.41) is 0. The second kappa shape index (κ2) is 7.37. The molecular formula is C10H20Br2. The molecule has 0 amide bonds. The fourth-order valence-corrected chi connectivity index (χ4v) is 2.65. The van der Waals surface area contributed by atoms with E-state index in [-0.39, 0.29) is 3.23 Å². The van der Waals surface area contributed by atoms with Crippen LogP contribution in [-0.4, -0.2) is 3.23 Å². The van der Waals surface area contributed by atoms with Crippen molar-refractivity contribution in [3.05, 3.63) is 0 Å². The molecule has 0 fully saturated rings. The molecule has 0 aliphatic rings. The first-order chi connectivity index (χ1) is 5.62. The van der Waals surface area contributed by atoms with Crippen LogP contribution in [0.4, 0.5) is 0 Å². The van der Waals surface area contributed by atoms with Crippen LogP contribution < -0.4 is 0 Å². The fourth-order valence-electron chi connectivity index (χ4n) is 1.30. The Bertz CT molecular complexity index is 100. The molecule has 0 saturated heterocycles. The smallest absolute Gasteiger partial charge is 0.0727 e. The fraction of sp³-hybridized carbons (Fsp3) is 1.00. The first-order valence-electron chi connectivity index (χ1n) is 5.00. The van der Waals surface area contributed by atoms with Crippen molar-refractivity contribution in [3.8, 4) is 0 Å². The minimum Gasteiger partial charge on any atom is -0.0727 e. The van der Waals surface area contributed by atoms with Crippen LogP contribution in [0.1, 0.15) is 58.8 Å². The van der Waals surface area contributed by atoms with Gasteiger partial charge in [0.25, 0.3) is 0 Å². The minimum absolute atomic E-state index is 0.225. The summed E-state index contributed by atoms with van der Waals surface area (Å²) in [4.78, 5) is 0. The second-order valence-electron chi connectivity index (χ2n) is 3.42. The predicted octanol–water partition coefficient (Wildman–Crippen LogP) is 5.24. The van der Waals surface area contributed by atoms with Crippen molar-refractivity contribution in [3.63, 3.8) is 0 Å². The van der Waals surface area contributed by atoms with Gasteiger partial charge in [-0.3, -0.25) is 0 Å². The van der Waals surface area contributed by atoms with Crippen molar-refractivity contribution >= 4 is 31.9 Å². The average Bonchev–Trinajstić information content (AvgIpc) is 1.98. The van der Waals surface area contributed by atoms with E-state index in [1.165, 1.54) is 44.9 Å². The first-order valence-corrected chi connectivity index (χ1v) is 6.59. The molecule has 0 aliphatic heterocycles. The summed E-state index contributed by atoms with van der Waals surface area (Å²) in [5.41, 5.74) is 0. The lowest BCUT2D eigenvalue weighted by Crippen LogP contribution is -2.09. The van der Waals surface area contributed by atoms with Crippen LogP contribution in [0.25, 0.3) is 0 Å². The largest absolute Gasteiger partial charge is 0.0805 e. The topological polar surface area (TPSA) is 0 Å². The molecule has 0 saturated carbocycles. The van der Waals surface area contributed by atoms with E-state index in [2.05, 4.69) is 45.7 Å². The zero-order valence-corrected chi connectivity index (χ0v) is 11.4. The maximum Gasteiger partial charge on any atom is 0.0805 e. The molecule has 2 heteroatoms. The quantitative estimate of drug-likeness (QED) is 0.445. The number of unbranched alkanes of at least 4 members (excludes halogenated alkanes) is 3. The lowest BCUT2D eigenvalue weighted by atomic mass is 10.1. The Kier molecular flexibility index (Phi) is 7.96. The first kappa shape index (κ1) is 13.0. The Balaban J connectivity index is 3.33. The van der Waals surface area contributed by atoms with Crippen molar-refractivity contribution in [2.45, 2.75) is 62.0 Å². The monoisotopic (exact) mass is 298 g/mol. The second-order valence-corrected chi connectivity index (χ2v) is 7.52. The molecule has 0 nitrogen and oxygen atoms in total. The van der Waals surface area contributed by atoms with Gasteiger partial charge in [-0.1, -0.05) is 77.8 Å². The highest BCUT2D eigenvalue weighted by atomic mass is 79.9. The van der Waals surface area contributed by atoms with Gasteiger partial charge in [0.2, 0.25) is 0 Å². The number of rotatable bonds is 7. The summed E-state index contributed by atoms with van der Waals surface area (Å²) in [6, 6.07) is 0. The third-order valence-corrected chi connectivity index (χ3v) is 3.60. The normalized spacial score (nSPS) is 12.0. The molecule has 0 rings (SSSR count). The van der Waals surface area contributed by atoms with E-state index in [4.69, 9.17) is 0 Å². The van der Waals surface area contributed by atoms with Crippen LogP contribution in [0.2, 0.25) is 0 Å². The van der Waals surface area contributed by atoms with E-state index in [1.54, 1.807) is 0 Å². The Hall–Kier alpha value is 0.960. The van der Waals surface area contributed by atoms with Gasteiger partial charge < -0.3 is 0 Å². The highest BCUT2D eigenvalue weighted by Crippen LogP contribution is 2.36. The van der Waals surface area contributed by atoms with E-state index in [9.17, 15) is 0 Å². The van der Waals surface area contributed by atoms with Crippen LogP contribution in [0, 0.1) is 0 Å². The van der Waals surface area contributed by atoms with Gasteiger partial charge >= 0.3 is 0 Å². The van der Waals surface area contributed by atoms with Gasteiger partial charge in [-0.15, -0.1) is 0 Å². The van der Waals surface area contributed by atoms with Crippen LogP contribution in [0.15, 0.2) is 0 Å². The molecule has 0 atom stereocenters. The van der Waals surface area contributed by atoms with E-state index in [0.29, 0.717) is 0 Å². The number of alkyl halides is 2. The van der Waals surface area contributed by atoms with Crippen molar-refractivity contribution in [1.82, 2.24) is 0 Å². The SMILES string of the molecule is CCCCCCC(Br)(Br)CCC. The van der Waals surface area contributed by atoms with Crippen LogP contribution in [-0.2, 0) is 0 Å². The molecule has 0 radical (unpaired) electrons. The van der Waals surface area contributed by atoms with E-state index < -0.39 is 0 Å². The molecule has 0 N–H and O–H groups in total. The van der Waals surface area contributed by atoms with Gasteiger partial charge in [-0.05, 0) is 12.8 Å². The summed E-state index contributed by atoms with van der Waals surface area (Å²) >= 11 is 7.42. The molecule has 0 unspecified atom stereocenters. The molecule has 12 heavy (non-hydrogen) atoms. The molecule has 0 bridgehead atoms. The van der Waals surface area contributed by atoms with Gasteiger partial charge in [0.15, 0.2) is 0 Å². The average molecular weight is 300 g/mol. The number of hydrogen-bond donors (Lipinski definition) is 0. The molecule has 0 heterocycles. The molecule has 74 valence electrons. The molecule has 0 aliphatic carbocycles. The Morgan fingerprint density at radius 1 is 0.833 bits per heavy atom. The Morgan fingerprint density at radius 3 is 2.00 bits per heavy atom. The summed E-state index contributed by atoms with van der Waals surface area (Å²) in [7, 11) is 0. The Labute approximate surface area is 93.8 Å². The van der Waals surface area contributed by atoms with Gasteiger partial charge in [0.05, 0.1) is 3.23 Å². The third kappa shape index (κ3) is 7.60. The molecular weight excluding hydrogens is 280 g/mol. The maximum atomic E-state index is 3.71. The zero-order chi connectivity index (χ0) is 9.45. The molecule has 0 aromatic carbocycles. The maximum absolute atomic E-state index is 3.71. The van der Waals surface area contributed by atoms with Gasteiger partial charge in [-0.25, -0.2) is 0 Å². The standard InChI is InChI=1S/C10H20Br2/c1-3-5-6-7-9-10(11,12)8-4-2/h3-9H2,1-2H3. The van der Waals surface area contributed by atoms with E-state index in [1.807, 2.05) is 0 Å². The van der Waals surface area contributed by atoms with Gasteiger partial charge in [0.1, 0.15) is 0 Å². The summed E-state index contributed by atoms with van der Waals surface area (Å²) in [6.07, 6.45) is 9.13.